The van der Waals surface area contributed by atoms with Crippen LogP contribution in [-0.2, 0) is 6.42 Å². The van der Waals surface area contributed by atoms with Crippen LogP contribution in [0.4, 0.5) is 8.78 Å². The Balaban J connectivity index is 2.69. The number of nitrogens with two attached hydrogens (primary N) is 1. The van der Waals surface area contributed by atoms with Crippen molar-refractivity contribution < 1.29 is 8.78 Å². The highest BCUT2D eigenvalue weighted by atomic mass is 79.9. The van der Waals surface area contributed by atoms with Gasteiger partial charge in [0.15, 0.2) is 0 Å². The molecule has 1 heterocycles. The lowest BCUT2D eigenvalue weighted by atomic mass is 10.1. The van der Waals surface area contributed by atoms with Crippen LogP contribution < -0.4 is 5.73 Å². The zero-order chi connectivity index (χ0) is 9.84. The molecule has 0 amide bonds. The molecule has 1 atom stereocenters. The first-order chi connectivity index (χ1) is 6.11. The first kappa shape index (κ1) is 10.5. The van der Waals surface area contributed by atoms with E-state index >= 15 is 0 Å². The molecule has 0 aromatic carbocycles. The molecule has 1 aromatic rings. The predicted molar refractivity (Wildman–Crippen MR) is 49.6 cm³/mol. The number of aromatic nitrogens is 1. The molecule has 2 nitrogen and oxygen atoms in total. The molecule has 72 valence electrons. The first-order valence-corrected chi connectivity index (χ1v) is 4.52. The number of rotatable bonds is 3. The van der Waals surface area contributed by atoms with Crippen molar-refractivity contribution in [3.8, 4) is 0 Å². The fourth-order valence-corrected chi connectivity index (χ4v) is 1.32. The zero-order valence-electron chi connectivity index (χ0n) is 6.75. The van der Waals surface area contributed by atoms with Crippen LogP contribution in [0, 0.1) is 0 Å². The Labute approximate surface area is 83.3 Å². The van der Waals surface area contributed by atoms with E-state index in [0.29, 0.717) is 4.47 Å². The third kappa shape index (κ3) is 3.00. The first-order valence-electron chi connectivity index (χ1n) is 3.73. The SMILES string of the molecule is NC(Cc1ccncc1Br)C(F)F. The molecule has 1 rings (SSSR count). The second-order valence-electron chi connectivity index (χ2n) is 2.67. The minimum atomic E-state index is -2.49. The van der Waals surface area contributed by atoms with Gasteiger partial charge >= 0.3 is 0 Å². The lowest BCUT2D eigenvalue weighted by molar-refractivity contribution is 0.116. The van der Waals surface area contributed by atoms with Gasteiger partial charge < -0.3 is 5.73 Å². The highest BCUT2D eigenvalue weighted by Gasteiger charge is 2.16. The Kier molecular flexibility index (Phi) is 3.74. The number of hydrogen-bond acceptors (Lipinski definition) is 2. The van der Waals surface area contributed by atoms with Gasteiger partial charge in [0.2, 0.25) is 0 Å². The molecule has 2 N–H and O–H groups in total. The van der Waals surface area contributed by atoms with E-state index in [9.17, 15) is 8.78 Å². The van der Waals surface area contributed by atoms with Crippen LogP contribution in [-0.4, -0.2) is 17.5 Å². The van der Waals surface area contributed by atoms with Crippen LogP contribution in [0.1, 0.15) is 5.56 Å². The van der Waals surface area contributed by atoms with Crippen molar-refractivity contribution in [2.75, 3.05) is 0 Å². The standard InChI is InChI=1S/C8H9BrF2N2/c9-6-4-13-2-1-5(6)3-7(12)8(10)11/h1-2,4,7-8H,3,12H2. The van der Waals surface area contributed by atoms with Gasteiger partial charge in [-0.15, -0.1) is 0 Å². The van der Waals surface area contributed by atoms with E-state index in [1.807, 2.05) is 0 Å². The summed E-state index contributed by atoms with van der Waals surface area (Å²) in [6.07, 6.45) is 0.784. The maximum Gasteiger partial charge on any atom is 0.253 e. The van der Waals surface area contributed by atoms with Crippen molar-refractivity contribution >= 4 is 15.9 Å². The molecule has 0 radical (unpaired) electrons. The van der Waals surface area contributed by atoms with Crippen LogP contribution in [0.3, 0.4) is 0 Å². The maximum absolute atomic E-state index is 12.1. The van der Waals surface area contributed by atoms with E-state index in [4.69, 9.17) is 5.73 Å². The molecule has 1 aromatic heterocycles. The lowest BCUT2D eigenvalue weighted by Crippen LogP contribution is -2.31. The van der Waals surface area contributed by atoms with Gasteiger partial charge in [0.05, 0.1) is 6.04 Å². The van der Waals surface area contributed by atoms with Crippen molar-refractivity contribution in [2.45, 2.75) is 18.9 Å². The summed E-state index contributed by atoms with van der Waals surface area (Å²) < 4.78 is 24.9. The second kappa shape index (κ2) is 4.62. The van der Waals surface area contributed by atoms with E-state index in [-0.39, 0.29) is 6.42 Å². The van der Waals surface area contributed by atoms with Crippen molar-refractivity contribution in [3.63, 3.8) is 0 Å². The summed E-state index contributed by atoms with van der Waals surface area (Å²) in [7, 11) is 0. The average Bonchev–Trinajstić information content (AvgIpc) is 2.08. The van der Waals surface area contributed by atoms with Gasteiger partial charge in [-0.2, -0.15) is 0 Å². The molecule has 0 aliphatic carbocycles. The molecule has 0 saturated carbocycles. The van der Waals surface area contributed by atoms with Gasteiger partial charge in [0, 0.05) is 16.9 Å². The minimum Gasteiger partial charge on any atom is -0.323 e. The maximum atomic E-state index is 12.1. The second-order valence-corrected chi connectivity index (χ2v) is 3.52. The number of nitrogens with zero attached hydrogens (tertiary/aromatic N) is 1. The number of hydrogen-bond donors (Lipinski definition) is 1. The molecular formula is C8H9BrF2N2. The summed E-state index contributed by atoms with van der Waals surface area (Å²) in [4.78, 5) is 3.82. The van der Waals surface area contributed by atoms with Gasteiger partial charge in [-0.1, -0.05) is 0 Å². The summed E-state index contributed by atoms with van der Waals surface area (Å²) in [6, 6.07) is 0.561. The van der Waals surface area contributed by atoms with Crippen LogP contribution in [0.15, 0.2) is 22.9 Å². The zero-order valence-corrected chi connectivity index (χ0v) is 8.34. The molecular weight excluding hydrogens is 242 g/mol. The van der Waals surface area contributed by atoms with Gasteiger partial charge in [-0.25, -0.2) is 8.78 Å². The summed E-state index contributed by atoms with van der Waals surface area (Å²) in [5.41, 5.74) is 5.98. The van der Waals surface area contributed by atoms with Crippen molar-refractivity contribution in [2.24, 2.45) is 5.73 Å². The molecule has 0 aliphatic heterocycles. The molecule has 0 spiro atoms. The normalized spacial score (nSPS) is 13.3. The van der Waals surface area contributed by atoms with E-state index < -0.39 is 12.5 Å². The molecule has 0 bridgehead atoms. The molecule has 1 unspecified atom stereocenters. The van der Waals surface area contributed by atoms with Crippen LogP contribution in [0.25, 0.3) is 0 Å². The monoisotopic (exact) mass is 250 g/mol. The Morgan fingerprint density at radius 1 is 1.54 bits per heavy atom. The fourth-order valence-electron chi connectivity index (χ4n) is 0.913. The number of alkyl halides is 2. The highest BCUT2D eigenvalue weighted by molar-refractivity contribution is 9.10. The van der Waals surface area contributed by atoms with E-state index in [1.165, 1.54) is 0 Å². The molecule has 0 saturated heterocycles. The number of halogens is 3. The Hall–Kier alpha value is -0.550. The largest absolute Gasteiger partial charge is 0.323 e. The van der Waals surface area contributed by atoms with Gasteiger partial charge in [-0.3, -0.25) is 4.98 Å². The van der Waals surface area contributed by atoms with Crippen molar-refractivity contribution in [3.05, 3.63) is 28.5 Å². The average molecular weight is 251 g/mol. The van der Waals surface area contributed by atoms with Crippen LogP contribution in [0.2, 0.25) is 0 Å². The van der Waals surface area contributed by atoms with Gasteiger partial charge in [-0.05, 0) is 34.0 Å². The Bertz CT molecular complexity index is 281. The minimum absolute atomic E-state index is 0.154. The van der Waals surface area contributed by atoms with Crippen molar-refractivity contribution in [1.82, 2.24) is 4.98 Å². The van der Waals surface area contributed by atoms with Crippen LogP contribution in [0.5, 0.6) is 0 Å². The Morgan fingerprint density at radius 2 is 2.23 bits per heavy atom. The molecule has 0 fully saturated rings. The Morgan fingerprint density at radius 3 is 2.77 bits per heavy atom. The lowest BCUT2D eigenvalue weighted by Gasteiger charge is -2.10. The van der Waals surface area contributed by atoms with Gasteiger partial charge in [0.1, 0.15) is 0 Å². The third-order valence-electron chi connectivity index (χ3n) is 1.64. The smallest absolute Gasteiger partial charge is 0.253 e. The van der Waals surface area contributed by atoms with Crippen molar-refractivity contribution in [1.29, 1.82) is 0 Å². The van der Waals surface area contributed by atoms with E-state index in [1.54, 1.807) is 18.5 Å². The van der Waals surface area contributed by atoms with Gasteiger partial charge in [0.25, 0.3) is 6.43 Å². The topological polar surface area (TPSA) is 38.9 Å². The summed E-state index contributed by atoms with van der Waals surface area (Å²) in [6.45, 7) is 0. The quantitative estimate of drug-likeness (QED) is 0.892. The summed E-state index contributed by atoms with van der Waals surface area (Å²) in [5, 5.41) is 0. The molecule has 5 heteroatoms. The fraction of sp³-hybridized carbons (Fsp3) is 0.375. The molecule has 13 heavy (non-hydrogen) atoms. The van der Waals surface area contributed by atoms with Crippen LogP contribution >= 0.6 is 15.9 Å². The third-order valence-corrected chi connectivity index (χ3v) is 2.35. The summed E-state index contributed by atoms with van der Waals surface area (Å²) in [5.74, 6) is 0. The predicted octanol–water partition coefficient (Wildman–Crippen LogP) is 1.98. The molecule has 0 aliphatic rings. The van der Waals surface area contributed by atoms with E-state index in [0.717, 1.165) is 5.56 Å². The van der Waals surface area contributed by atoms with E-state index in [2.05, 4.69) is 20.9 Å². The highest BCUT2D eigenvalue weighted by Crippen LogP contribution is 2.17. The summed E-state index contributed by atoms with van der Waals surface area (Å²) >= 11 is 3.21. The number of pyridine rings is 1.